The summed E-state index contributed by atoms with van der Waals surface area (Å²) in [6, 6.07) is 10.2. The smallest absolute Gasteiger partial charge is 0.317 e. The molecule has 13 heteroatoms. The number of rotatable bonds is 8. The number of hydrogen-bond acceptors (Lipinski definition) is 12. The molecule has 5 atom stereocenters. The highest BCUT2D eigenvalue weighted by atomic mass is 16.7. The van der Waals surface area contributed by atoms with Crippen LogP contribution in [0.3, 0.4) is 0 Å². The molecule has 0 saturated carbocycles. The number of aromatic hydroxyl groups is 1. The van der Waals surface area contributed by atoms with Gasteiger partial charge in [-0.3, -0.25) is 14.4 Å². The molecule has 3 aromatic rings. The number of aliphatic hydroxyl groups is 3. The Bertz CT molecular complexity index is 1380. The van der Waals surface area contributed by atoms with Crippen LogP contribution in [-0.2, 0) is 19.1 Å². The average molecular weight is 532 g/mol. The number of carbonyl (C=O) groups excluding carboxylic acids is 1. The van der Waals surface area contributed by atoms with Crippen LogP contribution in [0.15, 0.2) is 51.7 Å². The third-order valence-electron chi connectivity index (χ3n) is 5.80. The average Bonchev–Trinajstić information content (AvgIpc) is 2.87. The maximum Gasteiger partial charge on any atom is 0.317 e. The van der Waals surface area contributed by atoms with Crippen molar-refractivity contribution in [3.8, 4) is 28.6 Å². The van der Waals surface area contributed by atoms with Crippen molar-refractivity contribution in [2.24, 2.45) is 0 Å². The second-order valence-corrected chi connectivity index (χ2v) is 8.37. The number of fused-ring (bicyclic) bond motifs is 1. The van der Waals surface area contributed by atoms with Crippen LogP contribution in [0.4, 0.5) is 0 Å². The van der Waals surface area contributed by atoms with Gasteiger partial charge >= 0.3 is 11.9 Å². The van der Waals surface area contributed by atoms with E-state index >= 15 is 0 Å². The molecular formula is C25H24O13. The predicted molar refractivity (Wildman–Crippen MR) is 127 cm³/mol. The zero-order valence-corrected chi connectivity index (χ0v) is 19.8. The van der Waals surface area contributed by atoms with Crippen molar-refractivity contribution in [3.05, 3.63) is 52.7 Å². The summed E-state index contributed by atoms with van der Waals surface area (Å²) >= 11 is 0. The molecule has 4 rings (SSSR count). The van der Waals surface area contributed by atoms with E-state index < -0.39 is 66.9 Å². The minimum atomic E-state index is -1.83. The standard InChI is InChI=1S/C25H24O13/c1-34-12-4-2-11(3-5-12)16-8-15(28)21-14(27)6-13(7-17(21)36-16)35-25-23(33)24(22(32)18(10-26)37-25)38-20(31)9-19(29)30/h2-8,18,22-27,32-33H,9-10H2,1H3,(H,29,30)/t18-,22-,23-,24+,25-/m1/s1. The van der Waals surface area contributed by atoms with E-state index in [-0.39, 0.29) is 22.5 Å². The van der Waals surface area contributed by atoms with Crippen LogP contribution in [0.5, 0.6) is 17.2 Å². The van der Waals surface area contributed by atoms with Crippen molar-refractivity contribution in [3.63, 3.8) is 0 Å². The van der Waals surface area contributed by atoms with Gasteiger partial charge in [0.15, 0.2) is 17.6 Å². The van der Waals surface area contributed by atoms with Gasteiger partial charge in [0, 0.05) is 23.8 Å². The fourth-order valence-corrected chi connectivity index (χ4v) is 3.95. The number of carbonyl (C=O) groups is 2. The van der Waals surface area contributed by atoms with Crippen molar-refractivity contribution < 1.29 is 58.5 Å². The molecule has 202 valence electrons. The minimum Gasteiger partial charge on any atom is -0.507 e. The second-order valence-electron chi connectivity index (χ2n) is 8.37. The number of aliphatic hydroxyl groups excluding tert-OH is 3. The lowest BCUT2D eigenvalue weighted by Crippen LogP contribution is -2.61. The predicted octanol–water partition coefficient (Wildman–Crippen LogP) is 0.378. The molecule has 1 saturated heterocycles. The molecule has 1 aliphatic heterocycles. The molecule has 13 nitrogen and oxygen atoms in total. The SMILES string of the molecule is COc1ccc(-c2cc(=O)c3c(O)cc(O[C@@H]4O[C@H](CO)[C@@H](O)[C@H](OC(=O)CC(=O)O)[C@H]4O)cc3o2)cc1. The second kappa shape index (κ2) is 11.1. The molecule has 38 heavy (non-hydrogen) atoms. The van der Waals surface area contributed by atoms with Crippen LogP contribution in [0.1, 0.15) is 6.42 Å². The highest BCUT2D eigenvalue weighted by Gasteiger charge is 2.48. The molecule has 0 spiro atoms. The zero-order chi connectivity index (χ0) is 27.6. The molecule has 2 heterocycles. The Morgan fingerprint density at radius 2 is 1.74 bits per heavy atom. The van der Waals surface area contributed by atoms with Gasteiger partial charge in [-0.05, 0) is 24.3 Å². The summed E-state index contributed by atoms with van der Waals surface area (Å²) in [7, 11) is 1.51. The number of carboxylic acid groups (broad SMARTS) is 1. The van der Waals surface area contributed by atoms with Crippen LogP contribution < -0.4 is 14.9 Å². The Balaban J connectivity index is 1.64. The van der Waals surface area contributed by atoms with Gasteiger partial charge in [-0.2, -0.15) is 0 Å². The summed E-state index contributed by atoms with van der Waals surface area (Å²) in [5.74, 6) is -2.59. The van der Waals surface area contributed by atoms with Gasteiger partial charge in [-0.15, -0.1) is 0 Å². The number of carboxylic acids is 1. The van der Waals surface area contributed by atoms with Crippen LogP contribution in [0.25, 0.3) is 22.3 Å². The fourth-order valence-electron chi connectivity index (χ4n) is 3.95. The van der Waals surface area contributed by atoms with Crippen molar-refractivity contribution in [1.82, 2.24) is 0 Å². The number of methoxy groups -OCH3 is 1. The third-order valence-corrected chi connectivity index (χ3v) is 5.80. The van der Waals surface area contributed by atoms with E-state index in [1.807, 2.05) is 0 Å². The number of esters is 1. The van der Waals surface area contributed by atoms with E-state index in [9.17, 15) is 34.8 Å². The molecule has 2 aromatic carbocycles. The van der Waals surface area contributed by atoms with Crippen molar-refractivity contribution in [1.29, 1.82) is 0 Å². The van der Waals surface area contributed by atoms with Gasteiger partial charge in [0.25, 0.3) is 0 Å². The maximum atomic E-state index is 12.7. The Hall–Kier alpha value is -4.17. The first-order chi connectivity index (χ1) is 18.1. The van der Waals surface area contributed by atoms with E-state index in [4.69, 9.17) is 28.5 Å². The van der Waals surface area contributed by atoms with Crippen molar-refractivity contribution in [2.75, 3.05) is 13.7 Å². The van der Waals surface area contributed by atoms with Crippen molar-refractivity contribution >= 4 is 22.9 Å². The Morgan fingerprint density at radius 1 is 1.03 bits per heavy atom. The molecule has 0 radical (unpaired) electrons. The van der Waals surface area contributed by atoms with E-state index in [2.05, 4.69) is 0 Å². The Kier molecular flexibility index (Phi) is 7.83. The largest absolute Gasteiger partial charge is 0.507 e. The lowest BCUT2D eigenvalue weighted by molar-refractivity contribution is -0.281. The van der Waals surface area contributed by atoms with E-state index in [0.29, 0.717) is 11.3 Å². The number of phenolic OH excluding ortho intramolecular Hbond substituents is 1. The lowest BCUT2D eigenvalue weighted by atomic mass is 9.99. The summed E-state index contributed by atoms with van der Waals surface area (Å²) in [5.41, 5.74) is -0.0526. The molecular weight excluding hydrogens is 508 g/mol. The van der Waals surface area contributed by atoms with Gasteiger partial charge in [0.05, 0.1) is 13.7 Å². The fraction of sp³-hybridized carbons (Fsp3) is 0.320. The monoisotopic (exact) mass is 532 g/mol. The normalized spacial score (nSPS) is 23.1. The number of hydrogen-bond donors (Lipinski definition) is 5. The summed E-state index contributed by atoms with van der Waals surface area (Å²) in [6.45, 7) is -0.760. The van der Waals surface area contributed by atoms with E-state index in [0.717, 1.165) is 6.07 Å². The van der Waals surface area contributed by atoms with Crippen LogP contribution in [0.2, 0.25) is 0 Å². The molecule has 0 amide bonds. The van der Waals surface area contributed by atoms with Crippen LogP contribution in [-0.4, -0.2) is 81.9 Å². The first-order valence-electron chi connectivity index (χ1n) is 11.3. The van der Waals surface area contributed by atoms with E-state index in [1.165, 1.54) is 19.2 Å². The lowest BCUT2D eigenvalue weighted by Gasteiger charge is -2.41. The highest BCUT2D eigenvalue weighted by molar-refractivity contribution is 5.90. The molecule has 5 N–H and O–H groups in total. The topological polar surface area (TPSA) is 202 Å². The van der Waals surface area contributed by atoms with E-state index in [1.54, 1.807) is 24.3 Å². The number of phenols is 1. The number of benzene rings is 2. The Labute approximate surface area is 214 Å². The van der Waals surface area contributed by atoms with Gasteiger partial charge in [0.2, 0.25) is 6.29 Å². The third kappa shape index (κ3) is 5.55. The summed E-state index contributed by atoms with van der Waals surface area (Å²) in [4.78, 5) is 35.3. The van der Waals surface area contributed by atoms with Gasteiger partial charge < -0.3 is 48.9 Å². The minimum absolute atomic E-state index is 0.0632. The molecule has 1 aromatic heterocycles. The summed E-state index contributed by atoms with van der Waals surface area (Å²) in [5, 5.41) is 49.7. The molecule has 1 fully saturated rings. The van der Waals surface area contributed by atoms with Gasteiger partial charge in [0.1, 0.15) is 52.6 Å². The first-order valence-corrected chi connectivity index (χ1v) is 11.3. The molecule has 0 aliphatic carbocycles. The number of aliphatic carboxylic acids is 1. The van der Waals surface area contributed by atoms with Gasteiger partial charge in [-0.25, -0.2) is 0 Å². The van der Waals surface area contributed by atoms with Gasteiger partial charge in [-0.1, -0.05) is 0 Å². The summed E-state index contributed by atoms with van der Waals surface area (Å²) < 4.78 is 26.8. The molecule has 1 aliphatic rings. The van der Waals surface area contributed by atoms with Crippen molar-refractivity contribution in [2.45, 2.75) is 37.1 Å². The summed E-state index contributed by atoms with van der Waals surface area (Å²) in [6.07, 6.45) is -9.29. The van der Waals surface area contributed by atoms with Crippen LogP contribution in [0, 0.1) is 0 Å². The highest BCUT2D eigenvalue weighted by Crippen LogP contribution is 2.34. The molecule has 0 unspecified atom stereocenters. The number of ether oxygens (including phenoxy) is 4. The first kappa shape index (κ1) is 26.9. The molecule has 0 bridgehead atoms. The maximum absolute atomic E-state index is 12.7. The Morgan fingerprint density at radius 3 is 2.37 bits per heavy atom. The van der Waals surface area contributed by atoms with Crippen LogP contribution >= 0.6 is 0 Å². The zero-order valence-electron chi connectivity index (χ0n) is 19.8. The quantitative estimate of drug-likeness (QED) is 0.197.